The Bertz CT molecular complexity index is 345. The molecule has 0 aromatic heterocycles. The molecule has 1 aromatic carbocycles. The molecule has 0 saturated carbocycles. The second kappa shape index (κ2) is 5.66. The standard InChI is InChI=1S/C13H19NO2/c1-4-14(11(3)15)9-13(16)12-7-5-10(2)6-8-12/h5-8,13,16H,4,9H2,1-3H3. The normalized spacial score (nSPS) is 12.2. The maximum absolute atomic E-state index is 11.2. The second-order valence-corrected chi connectivity index (χ2v) is 3.98. The van der Waals surface area contributed by atoms with Gasteiger partial charge in [0, 0.05) is 13.5 Å². The molecule has 1 N–H and O–H groups in total. The van der Waals surface area contributed by atoms with E-state index in [2.05, 4.69) is 0 Å². The predicted octanol–water partition coefficient (Wildman–Crippen LogP) is 1.90. The average molecular weight is 221 g/mol. The van der Waals surface area contributed by atoms with E-state index in [1.807, 2.05) is 38.1 Å². The van der Waals surface area contributed by atoms with Gasteiger partial charge in [0.15, 0.2) is 0 Å². The van der Waals surface area contributed by atoms with E-state index in [9.17, 15) is 9.90 Å². The molecule has 1 rings (SSSR count). The summed E-state index contributed by atoms with van der Waals surface area (Å²) in [7, 11) is 0. The lowest BCUT2D eigenvalue weighted by Crippen LogP contribution is -2.32. The Kier molecular flexibility index (Phi) is 4.50. The van der Waals surface area contributed by atoms with Crippen molar-refractivity contribution in [3.8, 4) is 0 Å². The summed E-state index contributed by atoms with van der Waals surface area (Å²) in [4.78, 5) is 12.8. The van der Waals surface area contributed by atoms with Crippen molar-refractivity contribution in [2.45, 2.75) is 26.9 Å². The first-order chi connectivity index (χ1) is 7.54. The number of nitrogens with zero attached hydrogens (tertiary/aromatic N) is 1. The molecule has 1 unspecified atom stereocenters. The van der Waals surface area contributed by atoms with Crippen LogP contribution in [0.4, 0.5) is 0 Å². The van der Waals surface area contributed by atoms with Crippen molar-refractivity contribution in [3.05, 3.63) is 35.4 Å². The van der Waals surface area contributed by atoms with Crippen LogP contribution in [0.15, 0.2) is 24.3 Å². The molecular formula is C13H19NO2. The van der Waals surface area contributed by atoms with Crippen molar-refractivity contribution in [2.75, 3.05) is 13.1 Å². The molecule has 1 atom stereocenters. The van der Waals surface area contributed by atoms with Gasteiger partial charge in [-0.05, 0) is 19.4 Å². The fraction of sp³-hybridized carbons (Fsp3) is 0.462. The van der Waals surface area contributed by atoms with E-state index in [4.69, 9.17) is 0 Å². The molecule has 0 saturated heterocycles. The molecule has 3 heteroatoms. The van der Waals surface area contributed by atoms with Crippen molar-refractivity contribution in [1.29, 1.82) is 0 Å². The van der Waals surface area contributed by atoms with Crippen molar-refractivity contribution in [2.24, 2.45) is 0 Å². The van der Waals surface area contributed by atoms with Gasteiger partial charge >= 0.3 is 0 Å². The maximum atomic E-state index is 11.2. The van der Waals surface area contributed by atoms with E-state index in [0.717, 1.165) is 11.1 Å². The Morgan fingerprint density at radius 3 is 2.38 bits per heavy atom. The molecule has 0 aliphatic rings. The molecule has 0 bridgehead atoms. The molecule has 0 heterocycles. The van der Waals surface area contributed by atoms with E-state index in [1.54, 1.807) is 4.90 Å². The van der Waals surface area contributed by atoms with E-state index >= 15 is 0 Å². The summed E-state index contributed by atoms with van der Waals surface area (Å²) in [6, 6.07) is 7.72. The molecule has 3 nitrogen and oxygen atoms in total. The van der Waals surface area contributed by atoms with Crippen molar-refractivity contribution in [3.63, 3.8) is 0 Å². The van der Waals surface area contributed by atoms with Gasteiger partial charge in [-0.15, -0.1) is 0 Å². The molecule has 88 valence electrons. The lowest BCUT2D eigenvalue weighted by Gasteiger charge is -2.22. The van der Waals surface area contributed by atoms with Crippen LogP contribution in [0.2, 0.25) is 0 Å². The number of rotatable bonds is 4. The minimum atomic E-state index is -0.607. The number of hydrogen-bond acceptors (Lipinski definition) is 2. The third kappa shape index (κ3) is 3.35. The van der Waals surface area contributed by atoms with Gasteiger partial charge in [0.25, 0.3) is 0 Å². The number of hydrogen-bond donors (Lipinski definition) is 1. The molecule has 16 heavy (non-hydrogen) atoms. The van der Waals surface area contributed by atoms with Gasteiger partial charge in [0.1, 0.15) is 0 Å². The van der Waals surface area contributed by atoms with Crippen LogP contribution in [0.5, 0.6) is 0 Å². The van der Waals surface area contributed by atoms with E-state index in [0.29, 0.717) is 13.1 Å². The molecule has 0 spiro atoms. The number of benzene rings is 1. The Morgan fingerprint density at radius 2 is 1.94 bits per heavy atom. The quantitative estimate of drug-likeness (QED) is 0.843. The smallest absolute Gasteiger partial charge is 0.219 e. The van der Waals surface area contributed by atoms with Crippen LogP contribution in [0, 0.1) is 6.92 Å². The first-order valence-corrected chi connectivity index (χ1v) is 5.54. The summed E-state index contributed by atoms with van der Waals surface area (Å²) in [6.07, 6.45) is -0.607. The first-order valence-electron chi connectivity index (χ1n) is 5.54. The van der Waals surface area contributed by atoms with Crippen LogP contribution in [0.3, 0.4) is 0 Å². The van der Waals surface area contributed by atoms with E-state index < -0.39 is 6.10 Å². The summed E-state index contributed by atoms with van der Waals surface area (Å²) < 4.78 is 0. The Hall–Kier alpha value is -1.35. The molecule has 0 aliphatic carbocycles. The summed E-state index contributed by atoms with van der Waals surface area (Å²) in [6.45, 7) is 6.41. The zero-order valence-electron chi connectivity index (χ0n) is 10.1. The number of aryl methyl sites for hydroxylation is 1. The van der Waals surface area contributed by atoms with Crippen LogP contribution in [-0.4, -0.2) is 29.0 Å². The maximum Gasteiger partial charge on any atom is 0.219 e. The predicted molar refractivity (Wildman–Crippen MR) is 64.1 cm³/mol. The zero-order valence-corrected chi connectivity index (χ0v) is 10.1. The topological polar surface area (TPSA) is 40.5 Å². The fourth-order valence-corrected chi connectivity index (χ4v) is 1.58. The van der Waals surface area contributed by atoms with E-state index in [1.165, 1.54) is 6.92 Å². The third-order valence-electron chi connectivity index (χ3n) is 2.68. The summed E-state index contributed by atoms with van der Waals surface area (Å²) >= 11 is 0. The highest BCUT2D eigenvalue weighted by Crippen LogP contribution is 2.15. The number of carbonyl (C=O) groups is 1. The average Bonchev–Trinajstić information content (AvgIpc) is 2.26. The van der Waals surface area contributed by atoms with Crippen LogP contribution < -0.4 is 0 Å². The molecular weight excluding hydrogens is 202 g/mol. The highest BCUT2D eigenvalue weighted by Gasteiger charge is 2.13. The van der Waals surface area contributed by atoms with Gasteiger partial charge in [0.05, 0.1) is 12.6 Å². The molecule has 1 amide bonds. The van der Waals surface area contributed by atoms with Crippen LogP contribution in [0.25, 0.3) is 0 Å². The highest BCUT2D eigenvalue weighted by atomic mass is 16.3. The monoisotopic (exact) mass is 221 g/mol. The van der Waals surface area contributed by atoms with Crippen LogP contribution in [-0.2, 0) is 4.79 Å². The van der Waals surface area contributed by atoms with Gasteiger partial charge in [-0.25, -0.2) is 0 Å². The van der Waals surface area contributed by atoms with Gasteiger partial charge in [-0.2, -0.15) is 0 Å². The lowest BCUT2D eigenvalue weighted by molar-refractivity contribution is -0.130. The van der Waals surface area contributed by atoms with Crippen molar-refractivity contribution >= 4 is 5.91 Å². The van der Waals surface area contributed by atoms with Gasteiger partial charge < -0.3 is 10.0 Å². The number of carbonyl (C=O) groups excluding carboxylic acids is 1. The van der Waals surface area contributed by atoms with E-state index in [-0.39, 0.29) is 5.91 Å². The van der Waals surface area contributed by atoms with Gasteiger partial charge in [-0.3, -0.25) is 4.79 Å². The number of likely N-dealkylation sites (N-methyl/N-ethyl adjacent to an activating group) is 1. The lowest BCUT2D eigenvalue weighted by atomic mass is 10.1. The van der Waals surface area contributed by atoms with Crippen LogP contribution in [0.1, 0.15) is 31.1 Å². The number of aliphatic hydroxyl groups excluding tert-OH is 1. The molecule has 0 radical (unpaired) electrons. The summed E-state index contributed by atoms with van der Waals surface area (Å²) in [5.74, 6) is -0.00587. The number of amides is 1. The summed E-state index contributed by atoms with van der Waals surface area (Å²) in [5, 5.41) is 9.97. The van der Waals surface area contributed by atoms with Crippen LogP contribution >= 0.6 is 0 Å². The SMILES string of the molecule is CCN(CC(O)c1ccc(C)cc1)C(C)=O. The molecule has 0 fully saturated rings. The molecule has 0 aliphatic heterocycles. The minimum Gasteiger partial charge on any atom is -0.387 e. The number of aliphatic hydroxyl groups is 1. The minimum absolute atomic E-state index is 0.00587. The Morgan fingerprint density at radius 1 is 1.38 bits per heavy atom. The Balaban J connectivity index is 2.67. The third-order valence-corrected chi connectivity index (χ3v) is 2.68. The Labute approximate surface area is 96.7 Å². The summed E-state index contributed by atoms with van der Waals surface area (Å²) in [5.41, 5.74) is 2.01. The van der Waals surface area contributed by atoms with Crippen molar-refractivity contribution < 1.29 is 9.90 Å². The fourth-order valence-electron chi connectivity index (χ4n) is 1.58. The second-order valence-electron chi connectivity index (χ2n) is 3.98. The van der Waals surface area contributed by atoms with Gasteiger partial charge in [0.2, 0.25) is 5.91 Å². The molecule has 1 aromatic rings. The van der Waals surface area contributed by atoms with Gasteiger partial charge in [-0.1, -0.05) is 29.8 Å². The first kappa shape index (κ1) is 12.7. The zero-order chi connectivity index (χ0) is 12.1. The highest BCUT2D eigenvalue weighted by molar-refractivity contribution is 5.73. The largest absolute Gasteiger partial charge is 0.387 e. The van der Waals surface area contributed by atoms with Crippen molar-refractivity contribution in [1.82, 2.24) is 4.90 Å².